The summed E-state index contributed by atoms with van der Waals surface area (Å²) >= 11 is 0. The number of benzene rings is 1. The molecule has 0 spiro atoms. The van der Waals surface area contributed by atoms with Crippen molar-refractivity contribution < 1.29 is 9.53 Å². The molecule has 1 aromatic rings. The van der Waals surface area contributed by atoms with Gasteiger partial charge in [-0.15, -0.1) is 0 Å². The van der Waals surface area contributed by atoms with Crippen LogP contribution in [-0.2, 0) is 9.53 Å². The second kappa shape index (κ2) is 6.48. The Morgan fingerprint density at radius 3 is 3.14 bits per heavy atom. The molecule has 2 aliphatic rings. The maximum Gasteiger partial charge on any atom is 0.223 e. The van der Waals surface area contributed by atoms with Crippen LogP contribution in [0.25, 0.3) is 0 Å². The normalized spacial score (nSPS) is 24.5. The predicted molar refractivity (Wildman–Crippen MR) is 83.5 cm³/mol. The van der Waals surface area contributed by atoms with Gasteiger partial charge in [0.25, 0.3) is 0 Å². The number of fused-ring (bicyclic) bond motifs is 1. The van der Waals surface area contributed by atoms with E-state index in [1.54, 1.807) is 7.11 Å². The summed E-state index contributed by atoms with van der Waals surface area (Å²) in [7, 11) is 1.74. The van der Waals surface area contributed by atoms with E-state index in [4.69, 9.17) is 4.74 Å². The third kappa shape index (κ3) is 3.21. The van der Waals surface area contributed by atoms with Crippen molar-refractivity contribution in [3.63, 3.8) is 0 Å². The molecule has 2 unspecified atom stereocenters. The second-order valence-electron chi connectivity index (χ2n) is 6.17. The van der Waals surface area contributed by atoms with Crippen LogP contribution in [0.5, 0.6) is 0 Å². The van der Waals surface area contributed by atoms with Crippen LogP contribution in [0.3, 0.4) is 0 Å². The second-order valence-corrected chi connectivity index (χ2v) is 6.17. The SMILES string of the molecule is COCC1CCCN(C(=O)CC2CNc3ccccc32)C1. The van der Waals surface area contributed by atoms with Gasteiger partial charge < -0.3 is 15.0 Å². The summed E-state index contributed by atoms with van der Waals surface area (Å²) in [6.45, 7) is 3.40. The summed E-state index contributed by atoms with van der Waals surface area (Å²) in [5.41, 5.74) is 2.47. The van der Waals surface area contributed by atoms with E-state index in [2.05, 4.69) is 23.5 Å². The fraction of sp³-hybridized carbons (Fsp3) is 0.588. The van der Waals surface area contributed by atoms with Gasteiger partial charge in [-0.3, -0.25) is 4.79 Å². The Labute approximate surface area is 126 Å². The number of anilines is 1. The average molecular weight is 288 g/mol. The Bertz CT molecular complexity index is 501. The van der Waals surface area contributed by atoms with Gasteiger partial charge in [0, 0.05) is 44.8 Å². The van der Waals surface area contributed by atoms with Gasteiger partial charge in [-0.2, -0.15) is 0 Å². The number of nitrogens with one attached hydrogen (secondary N) is 1. The summed E-state index contributed by atoms with van der Waals surface area (Å²) < 4.78 is 5.24. The Kier molecular flexibility index (Phi) is 4.44. The average Bonchev–Trinajstić information content (AvgIpc) is 2.91. The van der Waals surface area contributed by atoms with Crippen molar-refractivity contribution >= 4 is 11.6 Å². The van der Waals surface area contributed by atoms with Crippen LogP contribution in [-0.4, -0.2) is 44.2 Å². The first kappa shape index (κ1) is 14.4. The molecule has 2 aliphatic heterocycles. The molecule has 0 aromatic heterocycles. The van der Waals surface area contributed by atoms with Crippen LogP contribution in [0.1, 0.15) is 30.7 Å². The van der Waals surface area contributed by atoms with Crippen LogP contribution in [0.15, 0.2) is 24.3 Å². The summed E-state index contributed by atoms with van der Waals surface area (Å²) in [6, 6.07) is 8.32. The highest BCUT2D eigenvalue weighted by Gasteiger charge is 2.28. The third-order valence-electron chi connectivity index (χ3n) is 4.63. The van der Waals surface area contributed by atoms with E-state index in [1.807, 2.05) is 11.0 Å². The van der Waals surface area contributed by atoms with Crippen molar-refractivity contribution in [2.75, 3.05) is 38.7 Å². The van der Waals surface area contributed by atoms with Crippen molar-refractivity contribution in [1.82, 2.24) is 4.90 Å². The molecule has 0 aliphatic carbocycles. The van der Waals surface area contributed by atoms with Gasteiger partial charge in [0.2, 0.25) is 5.91 Å². The molecular formula is C17H24N2O2. The third-order valence-corrected chi connectivity index (χ3v) is 4.63. The lowest BCUT2D eigenvalue weighted by molar-refractivity contribution is -0.133. The molecule has 1 saturated heterocycles. The quantitative estimate of drug-likeness (QED) is 0.925. The number of ether oxygens (including phenoxy) is 1. The number of likely N-dealkylation sites (tertiary alicyclic amines) is 1. The van der Waals surface area contributed by atoms with Crippen LogP contribution in [0.4, 0.5) is 5.69 Å². The van der Waals surface area contributed by atoms with Crippen molar-refractivity contribution in [2.24, 2.45) is 5.92 Å². The van der Waals surface area contributed by atoms with Crippen molar-refractivity contribution in [1.29, 1.82) is 0 Å². The molecule has 1 aromatic carbocycles. The number of carbonyl (C=O) groups excluding carboxylic acids is 1. The molecule has 1 N–H and O–H groups in total. The minimum absolute atomic E-state index is 0.291. The Morgan fingerprint density at radius 1 is 1.43 bits per heavy atom. The van der Waals surface area contributed by atoms with Gasteiger partial charge in [0.15, 0.2) is 0 Å². The molecule has 0 radical (unpaired) electrons. The molecular weight excluding hydrogens is 264 g/mol. The van der Waals surface area contributed by atoms with Gasteiger partial charge >= 0.3 is 0 Å². The maximum atomic E-state index is 12.6. The van der Waals surface area contributed by atoms with Crippen LogP contribution >= 0.6 is 0 Å². The minimum atomic E-state index is 0.291. The molecule has 0 saturated carbocycles. The van der Waals surface area contributed by atoms with Crippen molar-refractivity contribution in [2.45, 2.75) is 25.2 Å². The molecule has 114 valence electrons. The van der Waals surface area contributed by atoms with Gasteiger partial charge in [0.1, 0.15) is 0 Å². The van der Waals surface area contributed by atoms with Crippen molar-refractivity contribution in [3.05, 3.63) is 29.8 Å². The van der Waals surface area contributed by atoms with Gasteiger partial charge in [-0.1, -0.05) is 18.2 Å². The largest absolute Gasteiger partial charge is 0.384 e. The van der Waals surface area contributed by atoms with E-state index in [0.29, 0.717) is 24.2 Å². The highest BCUT2D eigenvalue weighted by molar-refractivity contribution is 5.78. The Balaban J connectivity index is 1.59. The molecule has 3 rings (SSSR count). The summed E-state index contributed by atoms with van der Waals surface area (Å²) in [5.74, 6) is 1.11. The van der Waals surface area contributed by atoms with Gasteiger partial charge in [0.05, 0.1) is 6.61 Å². The summed E-state index contributed by atoms with van der Waals surface area (Å²) in [4.78, 5) is 14.6. The number of carbonyl (C=O) groups is 1. The minimum Gasteiger partial charge on any atom is -0.384 e. The maximum absolute atomic E-state index is 12.6. The molecule has 2 heterocycles. The lowest BCUT2D eigenvalue weighted by Gasteiger charge is -2.33. The molecule has 1 amide bonds. The monoisotopic (exact) mass is 288 g/mol. The van der Waals surface area contributed by atoms with Crippen molar-refractivity contribution in [3.8, 4) is 0 Å². The lowest BCUT2D eigenvalue weighted by atomic mass is 9.95. The van der Waals surface area contributed by atoms with E-state index in [-0.39, 0.29) is 0 Å². The number of para-hydroxylation sites is 1. The van der Waals surface area contributed by atoms with E-state index in [9.17, 15) is 4.79 Å². The van der Waals surface area contributed by atoms with E-state index >= 15 is 0 Å². The topological polar surface area (TPSA) is 41.6 Å². The Hall–Kier alpha value is -1.55. The zero-order valence-electron chi connectivity index (χ0n) is 12.7. The number of amides is 1. The molecule has 21 heavy (non-hydrogen) atoms. The molecule has 4 heteroatoms. The number of methoxy groups -OCH3 is 1. The van der Waals surface area contributed by atoms with Gasteiger partial charge in [-0.25, -0.2) is 0 Å². The summed E-state index contributed by atoms with van der Waals surface area (Å²) in [5, 5.41) is 3.40. The number of hydrogen-bond donors (Lipinski definition) is 1. The van der Waals surface area contributed by atoms with Crippen LogP contribution in [0, 0.1) is 5.92 Å². The molecule has 2 atom stereocenters. The zero-order valence-corrected chi connectivity index (χ0v) is 12.7. The highest BCUT2D eigenvalue weighted by Crippen LogP contribution is 2.33. The van der Waals surface area contributed by atoms with E-state index in [1.165, 1.54) is 17.7 Å². The highest BCUT2D eigenvalue weighted by atomic mass is 16.5. The van der Waals surface area contributed by atoms with Gasteiger partial charge in [-0.05, 0) is 30.4 Å². The fourth-order valence-electron chi connectivity index (χ4n) is 3.54. The number of hydrogen-bond acceptors (Lipinski definition) is 3. The smallest absolute Gasteiger partial charge is 0.223 e. The van der Waals surface area contributed by atoms with Crippen LogP contribution in [0.2, 0.25) is 0 Å². The first-order chi connectivity index (χ1) is 10.3. The zero-order chi connectivity index (χ0) is 14.7. The van der Waals surface area contributed by atoms with E-state index < -0.39 is 0 Å². The molecule has 1 fully saturated rings. The standard InChI is InChI=1S/C17H24N2O2/c1-21-12-13-5-4-8-19(11-13)17(20)9-14-10-18-16-7-3-2-6-15(14)16/h2-3,6-7,13-14,18H,4-5,8-12H2,1H3. The van der Waals surface area contributed by atoms with E-state index in [0.717, 1.165) is 32.7 Å². The fourth-order valence-corrected chi connectivity index (χ4v) is 3.54. The number of rotatable bonds is 4. The Morgan fingerprint density at radius 2 is 2.29 bits per heavy atom. The molecule has 4 nitrogen and oxygen atoms in total. The summed E-state index contributed by atoms with van der Waals surface area (Å²) in [6.07, 6.45) is 2.88. The number of piperidine rings is 1. The predicted octanol–water partition coefficient (Wildman–Crippen LogP) is 2.47. The lowest BCUT2D eigenvalue weighted by Crippen LogP contribution is -2.41. The first-order valence-electron chi connectivity index (χ1n) is 7.87. The number of nitrogens with zero attached hydrogens (tertiary/aromatic N) is 1. The molecule has 0 bridgehead atoms. The first-order valence-corrected chi connectivity index (χ1v) is 7.87. The van der Waals surface area contributed by atoms with Crippen LogP contribution < -0.4 is 5.32 Å².